The number of nitrogens with zero attached hydrogens (tertiary/aromatic N) is 1. The molecule has 1 aliphatic rings. The first-order valence-electron chi connectivity index (χ1n) is 4.69. The second-order valence-corrected chi connectivity index (χ2v) is 3.36. The number of carbonyl (C=O) groups is 1. The highest BCUT2D eigenvalue weighted by molar-refractivity contribution is 5.69. The molecule has 0 aromatic rings. The van der Waals surface area contributed by atoms with Crippen LogP contribution in [0.4, 0.5) is 0 Å². The number of ether oxygens (including phenoxy) is 1. The van der Waals surface area contributed by atoms with Crippen LogP contribution in [0.25, 0.3) is 0 Å². The van der Waals surface area contributed by atoms with E-state index in [1.54, 1.807) is 0 Å². The van der Waals surface area contributed by atoms with Gasteiger partial charge < -0.3 is 9.84 Å². The van der Waals surface area contributed by atoms with Crippen molar-refractivity contribution in [3.8, 4) is 0 Å². The molecule has 4 heteroatoms. The topological polar surface area (TPSA) is 49.8 Å². The third-order valence-corrected chi connectivity index (χ3v) is 2.50. The van der Waals surface area contributed by atoms with Crippen molar-refractivity contribution in [1.82, 2.24) is 4.90 Å². The van der Waals surface area contributed by atoms with Crippen molar-refractivity contribution >= 4 is 5.97 Å². The smallest absolute Gasteiger partial charge is 0.307 e. The number of hydrogen-bond donors (Lipinski definition) is 1. The Morgan fingerprint density at radius 2 is 2.15 bits per heavy atom. The zero-order chi connectivity index (χ0) is 9.68. The van der Waals surface area contributed by atoms with Gasteiger partial charge in [0.05, 0.1) is 20.1 Å². The van der Waals surface area contributed by atoms with E-state index in [1.165, 1.54) is 7.11 Å². The van der Waals surface area contributed by atoms with Gasteiger partial charge in [-0.2, -0.15) is 0 Å². The van der Waals surface area contributed by atoms with E-state index in [2.05, 4.69) is 9.64 Å². The molecular weight excluding hydrogens is 170 g/mol. The van der Waals surface area contributed by atoms with Gasteiger partial charge in [-0.05, 0) is 25.9 Å². The Kier molecular flexibility index (Phi) is 4.18. The first-order valence-corrected chi connectivity index (χ1v) is 4.69. The maximum Gasteiger partial charge on any atom is 0.307 e. The van der Waals surface area contributed by atoms with Crippen molar-refractivity contribution in [1.29, 1.82) is 0 Å². The first-order chi connectivity index (χ1) is 6.27. The average Bonchev–Trinajstić information content (AvgIpc) is 2.66. The summed E-state index contributed by atoms with van der Waals surface area (Å²) < 4.78 is 4.57. The standard InChI is InChI=1S/C9H17NO3/c1-13-9(12)6-8(7-11)10-4-2-3-5-10/h8,11H,2-7H2,1H3. The van der Waals surface area contributed by atoms with Crippen LogP contribution in [0.1, 0.15) is 19.3 Å². The lowest BCUT2D eigenvalue weighted by Gasteiger charge is -2.24. The van der Waals surface area contributed by atoms with Gasteiger partial charge in [-0.1, -0.05) is 0 Å². The summed E-state index contributed by atoms with van der Waals surface area (Å²) in [5.41, 5.74) is 0. The normalized spacial score (nSPS) is 20.2. The summed E-state index contributed by atoms with van der Waals surface area (Å²) in [5.74, 6) is -0.244. The van der Waals surface area contributed by atoms with E-state index in [4.69, 9.17) is 5.11 Å². The Morgan fingerprint density at radius 1 is 1.54 bits per heavy atom. The summed E-state index contributed by atoms with van der Waals surface area (Å²) in [6.45, 7) is 2.01. The zero-order valence-electron chi connectivity index (χ0n) is 8.03. The van der Waals surface area contributed by atoms with Gasteiger partial charge in [0.2, 0.25) is 0 Å². The third-order valence-electron chi connectivity index (χ3n) is 2.50. The highest BCUT2D eigenvalue weighted by Gasteiger charge is 2.23. The predicted molar refractivity (Wildman–Crippen MR) is 48.3 cm³/mol. The number of esters is 1. The number of likely N-dealkylation sites (tertiary alicyclic amines) is 1. The van der Waals surface area contributed by atoms with E-state index < -0.39 is 0 Å². The van der Waals surface area contributed by atoms with Gasteiger partial charge in [0.25, 0.3) is 0 Å². The summed E-state index contributed by atoms with van der Waals surface area (Å²) in [6, 6.07) is -0.0463. The number of methoxy groups -OCH3 is 1. The quantitative estimate of drug-likeness (QED) is 0.630. The fourth-order valence-electron chi connectivity index (χ4n) is 1.69. The van der Waals surface area contributed by atoms with Crippen LogP contribution in [0.3, 0.4) is 0 Å². The molecule has 1 atom stereocenters. The molecule has 0 radical (unpaired) electrons. The molecule has 1 aliphatic heterocycles. The summed E-state index contributed by atoms with van der Waals surface area (Å²) in [6.07, 6.45) is 2.63. The van der Waals surface area contributed by atoms with E-state index in [1.807, 2.05) is 0 Å². The minimum absolute atomic E-state index is 0.0368. The third kappa shape index (κ3) is 2.97. The largest absolute Gasteiger partial charge is 0.469 e. The molecule has 76 valence electrons. The average molecular weight is 187 g/mol. The molecule has 1 unspecified atom stereocenters. The van der Waals surface area contributed by atoms with Crippen molar-refractivity contribution in [2.45, 2.75) is 25.3 Å². The maximum absolute atomic E-state index is 11.0. The van der Waals surface area contributed by atoms with Crippen molar-refractivity contribution in [2.75, 3.05) is 26.8 Å². The molecule has 0 aliphatic carbocycles. The van der Waals surface area contributed by atoms with Gasteiger partial charge in [-0.15, -0.1) is 0 Å². The highest BCUT2D eigenvalue weighted by atomic mass is 16.5. The van der Waals surface area contributed by atoms with Crippen LogP contribution in [0.5, 0.6) is 0 Å². The van der Waals surface area contributed by atoms with E-state index in [0.29, 0.717) is 6.42 Å². The number of carbonyl (C=O) groups excluding carboxylic acids is 1. The maximum atomic E-state index is 11.0. The first kappa shape index (κ1) is 10.5. The van der Waals surface area contributed by atoms with Crippen LogP contribution < -0.4 is 0 Å². The van der Waals surface area contributed by atoms with Crippen LogP contribution in [0.2, 0.25) is 0 Å². The van der Waals surface area contributed by atoms with E-state index in [0.717, 1.165) is 25.9 Å². The Hall–Kier alpha value is -0.610. The van der Waals surface area contributed by atoms with Crippen molar-refractivity contribution in [2.24, 2.45) is 0 Å². The van der Waals surface area contributed by atoms with E-state index >= 15 is 0 Å². The number of aliphatic hydroxyl groups excluding tert-OH is 1. The summed E-state index contributed by atoms with van der Waals surface area (Å²) in [7, 11) is 1.38. The van der Waals surface area contributed by atoms with Crippen molar-refractivity contribution in [3.05, 3.63) is 0 Å². The molecule has 1 heterocycles. The van der Waals surface area contributed by atoms with Gasteiger partial charge in [-0.3, -0.25) is 9.69 Å². The van der Waals surface area contributed by atoms with Gasteiger partial charge in [0.15, 0.2) is 0 Å². The van der Waals surface area contributed by atoms with Gasteiger partial charge in [0, 0.05) is 6.04 Å². The molecule has 13 heavy (non-hydrogen) atoms. The Labute approximate surface area is 78.5 Å². The molecule has 1 N–H and O–H groups in total. The number of hydrogen-bond acceptors (Lipinski definition) is 4. The molecule has 0 amide bonds. The van der Waals surface area contributed by atoms with Crippen molar-refractivity contribution < 1.29 is 14.6 Å². The van der Waals surface area contributed by atoms with Crippen LogP contribution in [-0.2, 0) is 9.53 Å². The number of rotatable bonds is 4. The van der Waals surface area contributed by atoms with Crippen LogP contribution in [0, 0.1) is 0 Å². The lowest BCUT2D eigenvalue weighted by atomic mass is 10.2. The Morgan fingerprint density at radius 3 is 2.62 bits per heavy atom. The molecule has 0 spiro atoms. The monoisotopic (exact) mass is 187 g/mol. The minimum Gasteiger partial charge on any atom is -0.469 e. The zero-order valence-corrected chi connectivity index (χ0v) is 8.03. The molecule has 0 bridgehead atoms. The summed E-state index contributed by atoms with van der Waals surface area (Å²) in [4.78, 5) is 13.1. The fraction of sp³-hybridized carbons (Fsp3) is 0.889. The van der Waals surface area contributed by atoms with Crippen LogP contribution >= 0.6 is 0 Å². The Balaban J connectivity index is 2.37. The second kappa shape index (κ2) is 5.19. The van der Waals surface area contributed by atoms with Crippen LogP contribution in [-0.4, -0.2) is 48.8 Å². The molecule has 4 nitrogen and oxygen atoms in total. The second-order valence-electron chi connectivity index (χ2n) is 3.36. The summed E-state index contributed by atoms with van der Waals surface area (Å²) in [5, 5.41) is 9.08. The van der Waals surface area contributed by atoms with E-state index in [-0.39, 0.29) is 18.6 Å². The SMILES string of the molecule is COC(=O)CC(CO)N1CCCC1. The lowest BCUT2D eigenvalue weighted by Crippen LogP contribution is -2.37. The molecule has 0 aromatic heterocycles. The number of aliphatic hydroxyl groups is 1. The van der Waals surface area contributed by atoms with Gasteiger partial charge in [0.1, 0.15) is 0 Å². The Bertz CT molecular complexity index is 166. The summed E-state index contributed by atoms with van der Waals surface area (Å²) >= 11 is 0. The molecule has 0 saturated carbocycles. The predicted octanol–water partition coefficient (Wildman–Crippen LogP) is 0.00620. The fourth-order valence-corrected chi connectivity index (χ4v) is 1.69. The van der Waals surface area contributed by atoms with Gasteiger partial charge >= 0.3 is 5.97 Å². The molecular formula is C9H17NO3. The highest BCUT2D eigenvalue weighted by Crippen LogP contribution is 2.13. The molecule has 1 rings (SSSR count). The lowest BCUT2D eigenvalue weighted by molar-refractivity contribution is -0.142. The van der Waals surface area contributed by atoms with Crippen molar-refractivity contribution in [3.63, 3.8) is 0 Å². The van der Waals surface area contributed by atoms with E-state index in [9.17, 15) is 4.79 Å². The minimum atomic E-state index is -0.244. The molecule has 0 aromatic carbocycles. The van der Waals surface area contributed by atoms with Gasteiger partial charge in [-0.25, -0.2) is 0 Å². The molecule has 1 fully saturated rings. The van der Waals surface area contributed by atoms with Crippen LogP contribution in [0.15, 0.2) is 0 Å². The molecule has 1 saturated heterocycles.